The van der Waals surface area contributed by atoms with E-state index in [2.05, 4.69) is 16.7 Å². The second-order valence-corrected chi connectivity index (χ2v) is 5.02. The average molecular weight is 277 g/mol. The van der Waals surface area contributed by atoms with Gasteiger partial charge in [-0.15, -0.1) is 0 Å². The Hall–Kier alpha value is -1.41. The molecule has 1 saturated heterocycles. The van der Waals surface area contributed by atoms with Gasteiger partial charge in [-0.25, -0.2) is 4.39 Å². The zero-order valence-corrected chi connectivity index (χ0v) is 11.7. The molecule has 4 heteroatoms. The van der Waals surface area contributed by atoms with Gasteiger partial charge < -0.3 is 9.84 Å². The Bertz CT molecular complexity index is 499. The normalized spacial score (nSPS) is 16.8. The number of likely N-dealkylation sites (tertiary alicyclic amines) is 1. The third kappa shape index (κ3) is 4.31. The second kappa shape index (κ2) is 7.39. The Labute approximate surface area is 119 Å². The smallest absolute Gasteiger partial charge is 0.124 e. The molecule has 0 radical (unpaired) electrons. The molecule has 1 aliphatic rings. The van der Waals surface area contributed by atoms with Gasteiger partial charge in [-0.2, -0.15) is 0 Å². The summed E-state index contributed by atoms with van der Waals surface area (Å²) in [5, 5.41) is 8.69. The predicted octanol–water partition coefficient (Wildman–Crippen LogP) is 1.78. The molecule has 0 amide bonds. The van der Waals surface area contributed by atoms with Crippen LogP contribution in [0.15, 0.2) is 18.2 Å². The monoisotopic (exact) mass is 277 g/mol. The Morgan fingerprint density at radius 3 is 2.75 bits per heavy atom. The number of hydrogen-bond acceptors (Lipinski definition) is 3. The quantitative estimate of drug-likeness (QED) is 0.855. The summed E-state index contributed by atoms with van der Waals surface area (Å²) in [6.07, 6.45) is 2.39. The number of nitrogens with zero attached hydrogens (tertiary/aromatic N) is 1. The summed E-state index contributed by atoms with van der Waals surface area (Å²) in [5.74, 6) is 5.01. The minimum absolute atomic E-state index is 0.212. The SMILES string of the molecule is COC1CCN(Cc2cc(F)cc(C#CCO)c2)CC1. The van der Waals surface area contributed by atoms with E-state index in [1.165, 1.54) is 6.07 Å². The number of ether oxygens (including phenoxy) is 1. The van der Waals surface area contributed by atoms with Crippen molar-refractivity contribution in [2.24, 2.45) is 0 Å². The van der Waals surface area contributed by atoms with Gasteiger partial charge in [-0.3, -0.25) is 4.90 Å². The average Bonchev–Trinajstić information content (AvgIpc) is 2.45. The highest BCUT2D eigenvalue weighted by Crippen LogP contribution is 2.17. The zero-order chi connectivity index (χ0) is 14.4. The highest BCUT2D eigenvalue weighted by Gasteiger charge is 2.18. The predicted molar refractivity (Wildman–Crippen MR) is 75.7 cm³/mol. The lowest BCUT2D eigenvalue weighted by atomic mass is 10.1. The van der Waals surface area contributed by atoms with Gasteiger partial charge in [0.15, 0.2) is 0 Å². The molecule has 2 rings (SSSR count). The van der Waals surface area contributed by atoms with E-state index in [1.54, 1.807) is 13.2 Å². The fourth-order valence-corrected chi connectivity index (χ4v) is 2.52. The number of piperidine rings is 1. The van der Waals surface area contributed by atoms with Gasteiger partial charge in [-0.05, 0) is 36.6 Å². The van der Waals surface area contributed by atoms with Gasteiger partial charge in [0.2, 0.25) is 0 Å². The van der Waals surface area contributed by atoms with Crippen molar-refractivity contribution < 1.29 is 14.2 Å². The lowest BCUT2D eigenvalue weighted by Gasteiger charge is -2.31. The van der Waals surface area contributed by atoms with Gasteiger partial charge in [0.1, 0.15) is 12.4 Å². The third-order valence-electron chi connectivity index (χ3n) is 3.54. The van der Waals surface area contributed by atoms with Crippen LogP contribution in [0.4, 0.5) is 4.39 Å². The molecular formula is C16H20FNO2. The molecular weight excluding hydrogens is 257 g/mol. The van der Waals surface area contributed by atoms with Crippen molar-refractivity contribution in [3.8, 4) is 11.8 Å². The van der Waals surface area contributed by atoms with E-state index in [4.69, 9.17) is 9.84 Å². The van der Waals surface area contributed by atoms with Gasteiger partial charge >= 0.3 is 0 Å². The minimum Gasteiger partial charge on any atom is -0.384 e. The van der Waals surface area contributed by atoms with E-state index < -0.39 is 0 Å². The number of hydrogen-bond donors (Lipinski definition) is 1. The van der Waals surface area contributed by atoms with Crippen LogP contribution in [0, 0.1) is 17.7 Å². The van der Waals surface area contributed by atoms with Crippen molar-refractivity contribution in [2.75, 3.05) is 26.8 Å². The van der Waals surface area contributed by atoms with E-state index in [-0.39, 0.29) is 12.4 Å². The Morgan fingerprint density at radius 2 is 2.10 bits per heavy atom. The Kier molecular flexibility index (Phi) is 5.54. The number of halogens is 1. The molecule has 0 aliphatic carbocycles. The Balaban J connectivity index is 2.00. The number of aliphatic hydroxyl groups is 1. The molecule has 20 heavy (non-hydrogen) atoms. The number of aliphatic hydroxyl groups excluding tert-OH is 1. The lowest BCUT2D eigenvalue weighted by Crippen LogP contribution is -2.36. The van der Waals surface area contributed by atoms with Crippen molar-refractivity contribution in [3.63, 3.8) is 0 Å². The zero-order valence-electron chi connectivity index (χ0n) is 11.7. The molecule has 108 valence electrons. The van der Waals surface area contributed by atoms with Crippen LogP contribution in [0.1, 0.15) is 24.0 Å². The van der Waals surface area contributed by atoms with Crippen LogP contribution in [0.5, 0.6) is 0 Å². The largest absolute Gasteiger partial charge is 0.384 e. The first-order chi connectivity index (χ1) is 9.71. The molecule has 0 atom stereocenters. The summed E-state index contributed by atoms with van der Waals surface area (Å²) in [5.41, 5.74) is 1.53. The minimum atomic E-state index is -0.281. The number of rotatable bonds is 3. The summed E-state index contributed by atoms with van der Waals surface area (Å²) < 4.78 is 18.9. The molecule has 1 aliphatic heterocycles. The topological polar surface area (TPSA) is 32.7 Å². The highest BCUT2D eigenvalue weighted by molar-refractivity contribution is 5.37. The molecule has 3 nitrogen and oxygen atoms in total. The Morgan fingerprint density at radius 1 is 1.35 bits per heavy atom. The molecule has 0 saturated carbocycles. The van der Waals surface area contributed by atoms with Crippen molar-refractivity contribution in [1.29, 1.82) is 0 Å². The van der Waals surface area contributed by atoms with Gasteiger partial charge in [-0.1, -0.05) is 11.8 Å². The van der Waals surface area contributed by atoms with Crippen molar-refractivity contribution in [1.82, 2.24) is 4.90 Å². The van der Waals surface area contributed by atoms with E-state index in [0.717, 1.165) is 38.0 Å². The first-order valence-electron chi connectivity index (χ1n) is 6.85. The van der Waals surface area contributed by atoms with E-state index in [0.29, 0.717) is 11.7 Å². The molecule has 1 aromatic rings. The molecule has 1 heterocycles. The first-order valence-corrected chi connectivity index (χ1v) is 6.85. The lowest BCUT2D eigenvalue weighted by molar-refractivity contribution is 0.0388. The molecule has 0 aromatic heterocycles. The maximum Gasteiger partial charge on any atom is 0.124 e. The van der Waals surface area contributed by atoms with E-state index >= 15 is 0 Å². The molecule has 1 N–H and O–H groups in total. The van der Waals surface area contributed by atoms with Crippen molar-refractivity contribution in [2.45, 2.75) is 25.5 Å². The van der Waals surface area contributed by atoms with Gasteiger partial charge in [0.05, 0.1) is 6.10 Å². The van der Waals surface area contributed by atoms with Crippen LogP contribution >= 0.6 is 0 Å². The van der Waals surface area contributed by atoms with Crippen molar-refractivity contribution >= 4 is 0 Å². The molecule has 0 bridgehead atoms. The van der Waals surface area contributed by atoms with E-state index in [1.807, 2.05) is 6.07 Å². The standard InChI is InChI=1S/C16H20FNO2/c1-20-16-4-6-18(7-5-16)12-14-9-13(3-2-8-19)10-15(17)11-14/h9-11,16,19H,4-8,12H2,1H3. The maximum atomic E-state index is 13.6. The molecule has 1 fully saturated rings. The van der Waals surface area contributed by atoms with Crippen LogP contribution in [-0.4, -0.2) is 42.9 Å². The van der Waals surface area contributed by atoms with Crippen LogP contribution in [0.2, 0.25) is 0 Å². The summed E-state index contributed by atoms with van der Waals surface area (Å²) >= 11 is 0. The first kappa shape index (κ1) is 15.0. The van der Waals surface area contributed by atoms with Gasteiger partial charge in [0.25, 0.3) is 0 Å². The maximum absolute atomic E-state index is 13.6. The number of methoxy groups -OCH3 is 1. The molecule has 0 spiro atoms. The molecule has 0 unspecified atom stereocenters. The van der Waals surface area contributed by atoms with Crippen LogP contribution in [-0.2, 0) is 11.3 Å². The van der Waals surface area contributed by atoms with Gasteiger partial charge in [0, 0.05) is 32.3 Å². The summed E-state index contributed by atoms with van der Waals surface area (Å²) in [6, 6.07) is 4.82. The summed E-state index contributed by atoms with van der Waals surface area (Å²) in [7, 11) is 1.75. The van der Waals surface area contributed by atoms with Crippen LogP contribution < -0.4 is 0 Å². The van der Waals surface area contributed by atoms with Crippen LogP contribution in [0.25, 0.3) is 0 Å². The third-order valence-corrected chi connectivity index (χ3v) is 3.54. The summed E-state index contributed by atoms with van der Waals surface area (Å²) in [6.45, 7) is 2.44. The highest BCUT2D eigenvalue weighted by atomic mass is 19.1. The van der Waals surface area contributed by atoms with E-state index in [9.17, 15) is 4.39 Å². The van der Waals surface area contributed by atoms with Crippen LogP contribution in [0.3, 0.4) is 0 Å². The fraction of sp³-hybridized carbons (Fsp3) is 0.500. The molecule has 1 aromatic carbocycles. The summed E-state index contributed by atoms with van der Waals surface area (Å²) in [4.78, 5) is 2.30. The number of benzene rings is 1. The second-order valence-electron chi connectivity index (χ2n) is 5.02. The van der Waals surface area contributed by atoms with Crippen molar-refractivity contribution in [3.05, 3.63) is 35.1 Å². The fourth-order valence-electron chi connectivity index (χ4n) is 2.52.